The Hall–Kier alpha value is -1.91. The first-order valence-corrected chi connectivity index (χ1v) is 9.27. The fourth-order valence-corrected chi connectivity index (χ4v) is 3.36. The summed E-state index contributed by atoms with van der Waals surface area (Å²) in [5, 5.41) is 0. The minimum absolute atomic E-state index is 0.222. The largest absolute Gasteiger partial charge is 0.488 e. The molecule has 5 heteroatoms. The number of rotatable bonds is 3. The van der Waals surface area contributed by atoms with Crippen LogP contribution in [-0.4, -0.2) is 35.8 Å². The fraction of sp³-hybridized carbons (Fsp3) is 0.650. The third-order valence-electron chi connectivity index (χ3n) is 4.73. The summed E-state index contributed by atoms with van der Waals surface area (Å²) >= 11 is 0. The molecule has 1 aliphatic carbocycles. The second-order valence-electron chi connectivity index (χ2n) is 8.33. The van der Waals surface area contributed by atoms with Crippen LogP contribution in [0.4, 0.5) is 10.5 Å². The second kappa shape index (κ2) is 6.77. The summed E-state index contributed by atoms with van der Waals surface area (Å²) in [6, 6.07) is 4.09. The molecule has 1 atom stereocenters. The molecular formula is C20H30N2O3. The standard InChI is InChI=1S/C20H30N2O3/c1-13-10-17(21)18(24-15-7-8-15)11-16(13)14-6-5-9-22(12-14)19(23)25-20(2,3)4/h10-11,14-15H,5-9,12,21H2,1-4H3. The van der Waals surface area contributed by atoms with Crippen LogP contribution < -0.4 is 10.5 Å². The summed E-state index contributed by atoms with van der Waals surface area (Å²) in [4.78, 5) is 14.2. The third kappa shape index (κ3) is 4.59. The van der Waals surface area contributed by atoms with Gasteiger partial charge in [0.25, 0.3) is 0 Å². The molecule has 0 aromatic heterocycles. The van der Waals surface area contributed by atoms with Crippen LogP contribution in [0.2, 0.25) is 0 Å². The molecule has 2 N–H and O–H groups in total. The van der Waals surface area contributed by atoms with Gasteiger partial charge in [-0.1, -0.05) is 0 Å². The van der Waals surface area contributed by atoms with Crippen LogP contribution in [0.1, 0.15) is 63.5 Å². The third-order valence-corrected chi connectivity index (χ3v) is 4.73. The zero-order valence-electron chi connectivity index (χ0n) is 15.8. The average Bonchev–Trinajstić information content (AvgIpc) is 3.32. The fourth-order valence-electron chi connectivity index (χ4n) is 3.36. The molecule has 0 radical (unpaired) electrons. The number of carbonyl (C=O) groups excluding carboxylic acids is 1. The number of piperidine rings is 1. The predicted molar refractivity (Wildman–Crippen MR) is 99.0 cm³/mol. The molecule has 1 aromatic carbocycles. The molecule has 1 aliphatic heterocycles. The zero-order chi connectivity index (χ0) is 18.2. The van der Waals surface area contributed by atoms with E-state index in [0.717, 1.165) is 43.5 Å². The molecule has 1 aromatic rings. The highest BCUT2D eigenvalue weighted by Crippen LogP contribution is 2.37. The Kier molecular flexibility index (Phi) is 4.85. The van der Waals surface area contributed by atoms with Crippen molar-refractivity contribution in [2.45, 2.75) is 71.0 Å². The maximum absolute atomic E-state index is 12.4. The highest BCUT2D eigenvalue weighted by Gasteiger charge is 2.30. The first-order valence-electron chi connectivity index (χ1n) is 9.27. The van der Waals surface area contributed by atoms with E-state index in [2.05, 4.69) is 13.0 Å². The quantitative estimate of drug-likeness (QED) is 0.832. The molecule has 2 aliphatic rings. The molecule has 1 unspecified atom stereocenters. The van der Waals surface area contributed by atoms with Gasteiger partial charge in [-0.25, -0.2) is 4.79 Å². The van der Waals surface area contributed by atoms with E-state index in [-0.39, 0.29) is 6.09 Å². The Balaban J connectivity index is 1.75. The first-order chi connectivity index (χ1) is 11.7. The molecule has 0 bridgehead atoms. The Labute approximate surface area is 150 Å². The summed E-state index contributed by atoms with van der Waals surface area (Å²) in [6.07, 6.45) is 4.36. The van der Waals surface area contributed by atoms with Gasteiger partial charge in [0.05, 0.1) is 11.8 Å². The number of nitrogens with two attached hydrogens (primary N) is 1. The van der Waals surface area contributed by atoms with Gasteiger partial charge < -0.3 is 20.1 Å². The van der Waals surface area contributed by atoms with Crippen LogP contribution in [-0.2, 0) is 4.74 Å². The summed E-state index contributed by atoms with van der Waals surface area (Å²) < 4.78 is 11.5. The first kappa shape index (κ1) is 17.9. The van der Waals surface area contributed by atoms with Gasteiger partial charge in [-0.3, -0.25) is 0 Å². The molecule has 3 rings (SSSR count). The van der Waals surface area contributed by atoms with E-state index in [4.69, 9.17) is 15.2 Å². The van der Waals surface area contributed by atoms with Crippen LogP contribution in [0.15, 0.2) is 12.1 Å². The zero-order valence-corrected chi connectivity index (χ0v) is 15.8. The second-order valence-corrected chi connectivity index (χ2v) is 8.33. The number of benzene rings is 1. The smallest absolute Gasteiger partial charge is 0.410 e. The number of carbonyl (C=O) groups is 1. The maximum atomic E-state index is 12.4. The number of aryl methyl sites for hydroxylation is 1. The molecule has 1 saturated carbocycles. The molecule has 138 valence electrons. The van der Waals surface area contributed by atoms with Crippen molar-refractivity contribution in [3.05, 3.63) is 23.3 Å². The highest BCUT2D eigenvalue weighted by molar-refractivity contribution is 5.68. The van der Waals surface area contributed by atoms with Crippen molar-refractivity contribution in [2.75, 3.05) is 18.8 Å². The van der Waals surface area contributed by atoms with E-state index < -0.39 is 5.60 Å². The number of hydrogen-bond donors (Lipinski definition) is 1. The van der Waals surface area contributed by atoms with Crippen molar-refractivity contribution >= 4 is 11.8 Å². The molecule has 2 fully saturated rings. The van der Waals surface area contributed by atoms with Crippen molar-refractivity contribution in [1.29, 1.82) is 0 Å². The molecule has 25 heavy (non-hydrogen) atoms. The lowest BCUT2D eigenvalue weighted by Crippen LogP contribution is -2.42. The SMILES string of the molecule is Cc1cc(N)c(OC2CC2)cc1C1CCCN(C(=O)OC(C)(C)C)C1. The summed E-state index contributed by atoms with van der Waals surface area (Å²) in [5.41, 5.74) is 8.77. The Bertz CT molecular complexity index is 647. The van der Waals surface area contributed by atoms with E-state index in [0.29, 0.717) is 24.3 Å². The van der Waals surface area contributed by atoms with Gasteiger partial charge in [0.2, 0.25) is 0 Å². The normalized spacial score (nSPS) is 21.1. The van der Waals surface area contributed by atoms with Crippen LogP contribution in [0.5, 0.6) is 5.75 Å². The number of nitrogens with zero attached hydrogens (tertiary/aromatic N) is 1. The summed E-state index contributed by atoms with van der Waals surface area (Å²) in [7, 11) is 0. The van der Waals surface area contributed by atoms with Crippen LogP contribution in [0.25, 0.3) is 0 Å². The Morgan fingerprint density at radius 1 is 1.24 bits per heavy atom. The molecule has 1 amide bonds. The van der Waals surface area contributed by atoms with Crippen molar-refractivity contribution in [3.63, 3.8) is 0 Å². The number of nitrogen functional groups attached to an aromatic ring is 1. The van der Waals surface area contributed by atoms with E-state index in [1.165, 1.54) is 5.56 Å². The summed E-state index contributed by atoms with van der Waals surface area (Å²) in [5.74, 6) is 1.08. The lowest BCUT2D eigenvalue weighted by Gasteiger charge is -2.35. The number of ether oxygens (including phenoxy) is 2. The van der Waals surface area contributed by atoms with Crippen molar-refractivity contribution in [1.82, 2.24) is 4.90 Å². The number of likely N-dealkylation sites (tertiary alicyclic amines) is 1. The van der Waals surface area contributed by atoms with Gasteiger partial charge >= 0.3 is 6.09 Å². The van der Waals surface area contributed by atoms with Gasteiger partial charge in [-0.15, -0.1) is 0 Å². The van der Waals surface area contributed by atoms with Crippen LogP contribution in [0.3, 0.4) is 0 Å². The maximum Gasteiger partial charge on any atom is 0.410 e. The van der Waals surface area contributed by atoms with Crippen LogP contribution in [0, 0.1) is 6.92 Å². The molecule has 1 heterocycles. The topological polar surface area (TPSA) is 64.8 Å². The molecule has 0 spiro atoms. The van der Waals surface area contributed by atoms with Crippen molar-refractivity contribution < 1.29 is 14.3 Å². The monoisotopic (exact) mass is 346 g/mol. The Morgan fingerprint density at radius 3 is 2.60 bits per heavy atom. The van der Waals surface area contributed by atoms with Gasteiger partial charge in [0, 0.05) is 19.0 Å². The van der Waals surface area contributed by atoms with E-state index in [1.54, 1.807) is 0 Å². The lowest BCUT2D eigenvalue weighted by molar-refractivity contribution is 0.0198. The summed E-state index contributed by atoms with van der Waals surface area (Å²) in [6.45, 7) is 9.22. The van der Waals surface area contributed by atoms with Gasteiger partial charge in [0.1, 0.15) is 11.4 Å². The Morgan fingerprint density at radius 2 is 1.96 bits per heavy atom. The lowest BCUT2D eigenvalue weighted by atomic mass is 9.87. The van der Waals surface area contributed by atoms with Crippen molar-refractivity contribution in [3.8, 4) is 5.75 Å². The van der Waals surface area contributed by atoms with Gasteiger partial charge in [-0.05, 0) is 76.6 Å². The molecular weight excluding hydrogens is 316 g/mol. The van der Waals surface area contributed by atoms with Crippen molar-refractivity contribution in [2.24, 2.45) is 0 Å². The van der Waals surface area contributed by atoms with E-state index in [1.807, 2.05) is 31.7 Å². The minimum Gasteiger partial charge on any atom is -0.488 e. The predicted octanol–water partition coefficient (Wildman–Crippen LogP) is 4.23. The number of amides is 1. The number of anilines is 1. The van der Waals surface area contributed by atoms with Gasteiger partial charge in [-0.2, -0.15) is 0 Å². The van der Waals surface area contributed by atoms with E-state index >= 15 is 0 Å². The van der Waals surface area contributed by atoms with E-state index in [9.17, 15) is 4.79 Å². The van der Waals surface area contributed by atoms with Crippen LogP contribution >= 0.6 is 0 Å². The average molecular weight is 346 g/mol. The molecule has 5 nitrogen and oxygen atoms in total. The molecule has 1 saturated heterocycles. The highest BCUT2D eigenvalue weighted by atomic mass is 16.6. The van der Waals surface area contributed by atoms with Gasteiger partial charge in [0.15, 0.2) is 0 Å². The minimum atomic E-state index is -0.466. The number of hydrogen-bond acceptors (Lipinski definition) is 4.